The fraction of sp³-hybridized carbons (Fsp3) is 0.357. The van der Waals surface area contributed by atoms with Crippen molar-refractivity contribution in [3.63, 3.8) is 0 Å². The Bertz CT molecular complexity index is 569. The second-order valence-electron chi connectivity index (χ2n) is 4.72. The average Bonchev–Trinajstić information content (AvgIpc) is 2.99. The van der Waals surface area contributed by atoms with Gasteiger partial charge in [0.15, 0.2) is 5.82 Å². The molecule has 2 rings (SSSR count). The zero-order valence-electron chi connectivity index (χ0n) is 11.9. The number of aliphatic hydroxyl groups excluding tert-OH is 1. The summed E-state index contributed by atoms with van der Waals surface area (Å²) in [6.45, 7) is 2.53. The number of aromatic nitrogens is 3. The smallest absolute Gasteiger partial charge is 0.315 e. The van der Waals surface area contributed by atoms with Crippen molar-refractivity contribution in [2.45, 2.75) is 26.0 Å². The van der Waals surface area contributed by atoms with E-state index in [1.54, 1.807) is 24.0 Å². The molecule has 0 aromatic carbocycles. The highest BCUT2D eigenvalue weighted by molar-refractivity contribution is 5.73. The van der Waals surface area contributed by atoms with Crippen molar-refractivity contribution >= 4 is 6.03 Å². The van der Waals surface area contributed by atoms with Gasteiger partial charge in [0.05, 0.1) is 6.10 Å². The first-order chi connectivity index (χ1) is 10.1. The third kappa shape index (κ3) is 4.88. The molecule has 2 aromatic heterocycles. The van der Waals surface area contributed by atoms with Crippen LogP contribution in [0.15, 0.2) is 36.8 Å². The molecule has 0 aliphatic heterocycles. The molecule has 0 fully saturated rings. The second kappa shape index (κ2) is 7.39. The molecule has 3 N–H and O–H groups in total. The van der Waals surface area contributed by atoms with Crippen LogP contribution in [0, 0.1) is 0 Å². The Morgan fingerprint density at radius 2 is 2.29 bits per heavy atom. The molecular weight excluding hydrogens is 270 g/mol. The topological polar surface area (TPSA) is 92.1 Å². The van der Waals surface area contributed by atoms with E-state index in [2.05, 4.69) is 20.7 Å². The molecule has 0 spiro atoms. The van der Waals surface area contributed by atoms with Crippen molar-refractivity contribution in [1.29, 1.82) is 0 Å². The quantitative estimate of drug-likeness (QED) is 0.734. The summed E-state index contributed by atoms with van der Waals surface area (Å²) in [6.07, 6.45) is 5.29. The minimum absolute atomic E-state index is 0.256. The number of carbonyl (C=O) groups is 1. The van der Waals surface area contributed by atoms with Crippen molar-refractivity contribution in [3.8, 4) is 5.82 Å². The highest BCUT2D eigenvalue weighted by atomic mass is 16.3. The molecule has 7 nitrogen and oxygen atoms in total. The Morgan fingerprint density at radius 1 is 1.43 bits per heavy atom. The predicted octanol–water partition coefficient (Wildman–Crippen LogP) is 0.837. The Kier molecular flexibility index (Phi) is 5.28. The predicted molar refractivity (Wildman–Crippen MR) is 77.9 cm³/mol. The maximum absolute atomic E-state index is 11.6. The summed E-state index contributed by atoms with van der Waals surface area (Å²) in [5, 5.41) is 18.7. The summed E-state index contributed by atoms with van der Waals surface area (Å²) < 4.78 is 1.66. The summed E-state index contributed by atoms with van der Waals surface area (Å²) in [6, 6.07) is 5.27. The first-order valence-electron chi connectivity index (χ1n) is 6.80. The Labute approximate surface area is 123 Å². The van der Waals surface area contributed by atoms with Gasteiger partial charge in [-0.25, -0.2) is 14.5 Å². The van der Waals surface area contributed by atoms with Crippen LogP contribution in [0.1, 0.15) is 18.9 Å². The molecule has 2 heterocycles. The second-order valence-corrected chi connectivity index (χ2v) is 4.72. The van der Waals surface area contributed by atoms with Gasteiger partial charge < -0.3 is 15.7 Å². The molecule has 0 bridgehead atoms. The molecule has 2 amide bonds. The molecule has 1 atom stereocenters. The van der Waals surface area contributed by atoms with Crippen LogP contribution in [0.3, 0.4) is 0 Å². The highest BCUT2D eigenvalue weighted by Gasteiger charge is 2.03. The first kappa shape index (κ1) is 15.0. The van der Waals surface area contributed by atoms with Gasteiger partial charge in [-0.05, 0) is 37.1 Å². The normalized spacial score (nSPS) is 11.9. The number of pyridine rings is 1. The monoisotopic (exact) mass is 289 g/mol. The van der Waals surface area contributed by atoms with Gasteiger partial charge in [0, 0.05) is 31.7 Å². The zero-order valence-corrected chi connectivity index (χ0v) is 11.9. The number of nitrogens with one attached hydrogen (secondary N) is 2. The molecule has 0 aliphatic carbocycles. The van der Waals surface area contributed by atoms with Crippen LogP contribution in [0.25, 0.3) is 5.82 Å². The van der Waals surface area contributed by atoms with E-state index < -0.39 is 6.10 Å². The van der Waals surface area contributed by atoms with E-state index in [1.165, 1.54) is 0 Å². The van der Waals surface area contributed by atoms with Gasteiger partial charge in [-0.1, -0.05) is 0 Å². The molecule has 0 radical (unpaired) electrons. The van der Waals surface area contributed by atoms with E-state index in [1.807, 2.05) is 24.4 Å². The van der Waals surface area contributed by atoms with Crippen LogP contribution in [-0.2, 0) is 6.54 Å². The maximum Gasteiger partial charge on any atom is 0.315 e. The van der Waals surface area contributed by atoms with Gasteiger partial charge in [-0.2, -0.15) is 5.10 Å². The number of carbonyl (C=O) groups excluding carboxylic acids is 1. The fourth-order valence-electron chi connectivity index (χ4n) is 1.74. The van der Waals surface area contributed by atoms with Gasteiger partial charge in [0.1, 0.15) is 0 Å². The van der Waals surface area contributed by atoms with E-state index in [0.717, 1.165) is 5.56 Å². The Balaban J connectivity index is 1.83. The van der Waals surface area contributed by atoms with Crippen molar-refractivity contribution < 1.29 is 9.90 Å². The van der Waals surface area contributed by atoms with E-state index >= 15 is 0 Å². The van der Waals surface area contributed by atoms with Gasteiger partial charge in [-0.3, -0.25) is 0 Å². The fourth-order valence-corrected chi connectivity index (χ4v) is 1.74. The number of hydrogen-bond donors (Lipinski definition) is 3. The third-order valence-corrected chi connectivity index (χ3v) is 2.85. The lowest BCUT2D eigenvalue weighted by Crippen LogP contribution is -2.36. The van der Waals surface area contributed by atoms with Crippen LogP contribution in [0.2, 0.25) is 0 Å². The minimum Gasteiger partial charge on any atom is -0.393 e. The Hall–Kier alpha value is -2.41. The van der Waals surface area contributed by atoms with Gasteiger partial charge in [0.2, 0.25) is 0 Å². The van der Waals surface area contributed by atoms with Crippen molar-refractivity contribution in [2.75, 3.05) is 6.54 Å². The van der Waals surface area contributed by atoms with Gasteiger partial charge in [0.25, 0.3) is 0 Å². The lowest BCUT2D eigenvalue weighted by Gasteiger charge is -2.09. The number of hydrogen-bond acceptors (Lipinski definition) is 4. The van der Waals surface area contributed by atoms with Crippen LogP contribution in [0.4, 0.5) is 4.79 Å². The summed E-state index contributed by atoms with van der Waals surface area (Å²) in [4.78, 5) is 15.8. The number of urea groups is 1. The van der Waals surface area contributed by atoms with E-state index in [-0.39, 0.29) is 6.03 Å². The molecule has 21 heavy (non-hydrogen) atoms. The van der Waals surface area contributed by atoms with E-state index in [9.17, 15) is 4.79 Å². The number of nitrogens with zero attached hydrogens (tertiary/aromatic N) is 3. The number of aliphatic hydroxyl groups is 1. The minimum atomic E-state index is -0.415. The van der Waals surface area contributed by atoms with Crippen LogP contribution < -0.4 is 10.6 Å². The summed E-state index contributed by atoms with van der Waals surface area (Å²) in [7, 11) is 0. The highest BCUT2D eigenvalue weighted by Crippen LogP contribution is 2.05. The lowest BCUT2D eigenvalue weighted by molar-refractivity contribution is 0.183. The SMILES string of the molecule is CC(O)CCNC(=O)NCc1ccnc(-n2cccn2)c1. The van der Waals surface area contributed by atoms with Gasteiger partial charge in [-0.15, -0.1) is 0 Å². The van der Waals surface area contributed by atoms with Crippen LogP contribution in [-0.4, -0.2) is 38.6 Å². The van der Waals surface area contributed by atoms with Crippen molar-refractivity contribution in [3.05, 3.63) is 42.4 Å². The standard InChI is InChI=1S/C14H19N5O2/c1-11(20)3-6-16-14(21)17-10-12-4-7-15-13(9-12)19-8-2-5-18-19/h2,4-5,7-9,11,20H,3,6,10H2,1H3,(H2,16,17,21). The van der Waals surface area contributed by atoms with Crippen LogP contribution in [0.5, 0.6) is 0 Å². The maximum atomic E-state index is 11.6. The van der Waals surface area contributed by atoms with Crippen molar-refractivity contribution in [1.82, 2.24) is 25.4 Å². The number of rotatable bonds is 6. The average molecular weight is 289 g/mol. The summed E-state index contributed by atoms with van der Waals surface area (Å²) in [5.74, 6) is 0.703. The molecule has 0 aliphatic rings. The lowest BCUT2D eigenvalue weighted by atomic mass is 10.2. The van der Waals surface area contributed by atoms with Crippen molar-refractivity contribution in [2.24, 2.45) is 0 Å². The molecule has 112 valence electrons. The Morgan fingerprint density at radius 3 is 3.00 bits per heavy atom. The number of amides is 2. The third-order valence-electron chi connectivity index (χ3n) is 2.85. The van der Waals surface area contributed by atoms with Crippen LogP contribution >= 0.6 is 0 Å². The molecule has 0 saturated heterocycles. The zero-order chi connectivity index (χ0) is 15.1. The summed E-state index contributed by atoms with van der Waals surface area (Å²) >= 11 is 0. The molecule has 1 unspecified atom stereocenters. The van der Waals surface area contributed by atoms with E-state index in [0.29, 0.717) is 25.3 Å². The first-order valence-corrected chi connectivity index (χ1v) is 6.80. The molecule has 2 aromatic rings. The summed E-state index contributed by atoms with van der Waals surface area (Å²) in [5.41, 5.74) is 0.932. The molecule has 7 heteroatoms. The largest absolute Gasteiger partial charge is 0.393 e. The molecule has 0 saturated carbocycles. The molecular formula is C14H19N5O2. The van der Waals surface area contributed by atoms with Gasteiger partial charge >= 0.3 is 6.03 Å². The van der Waals surface area contributed by atoms with E-state index in [4.69, 9.17) is 5.11 Å².